The fourth-order valence-corrected chi connectivity index (χ4v) is 5.58. The van der Waals surface area contributed by atoms with E-state index >= 15 is 0 Å². The topological polar surface area (TPSA) is 42.5 Å². The maximum absolute atomic E-state index is 6.69. The van der Waals surface area contributed by atoms with Crippen LogP contribution in [0.4, 0.5) is 0 Å². The van der Waals surface area contributed by atoms with Crippen LogP contribution >= 0.6 is 0 Å². The number of hydrogen-bond acceptors (Lipinski definition) is 4. The molecule has 2 aliphatic rings. The largest absolute Gasteiger partial charge is 0.463 e. The molecular formula is C28H58B2N2O2. The van der Waals surface area contributed by atoms with Crippen molar-refractivity contribution in [1.82, 2.24) is 10.5 Å². The molecule has 0 aliphatic carbocycles. The van der Waals surface area contributed by atoms with Crippen molar-refractivity contribution >= 4 is 14.1 Å². The lowest BCUT2D eigenvalue weighted by atomic mass is 9.50. The molecule has 0 bridgehead atoms. The molecule has 2 aliphatic heterocycles. The zero-order valence-corrected chi connectivity index (χ0v) is 25.7. The van der Waals surface area contributed by atoms with Crippen LogP contribution in [0.3, 0.4) is 0 Å². The minimum atomic E-state index is -0.160. The molecule has 2 N–H and O–H groups in total. The summed E-state index contributed by atoms with van der Waals surface area (Å²) in [5, 5.41) is 8.13. The van der Waals surface area contributed by atoms with Crippen LogP contribution in [0.25, 0.3) is 0 Å². The summed E-state index contributed by atoms with van der Waals surface area (Å²) in [7, 11) is -0.160. The standard InChI is InChI=1S/C28H58B2N2O2/c1-23(2,3)19-20(24(4,5)6)32-29(31-19)28(15,16)18-17-27(13,14)22-21(25(7,8)9)33-30(34-22)26(10,11)12/h19-22,31-32H,17-18H2,1-16H3. The van der Waals surface area contributed by atoms with Crippen LogP contribution in [0.1, 0.15) is 124 Å². The van der Waals surface area contributed by atoms with Gasteiger partial charge in [0.1, 0.15) is 0 Å². The first-order valence-corrected chi connectivity index (χ1v) is 13.7. The molecule has 198 valence electrons. The van der Waals surface area contributed by atoms with Crippen molar-refractivity contribution in [3.05, 3.63) is 0 Å². The summed E-state index contributed by atoms with van der Waals surface area (Å²) in [4.78, 5) is 0. The van der Waals surface area contributed by atoms with E-state index in [1.807, 2.05) is 0 Å². The van der Waals surface area contributed by atoms with Gasteiger partial charge in [-0.1, -0.05) is 117 Å². The van der Waals surface area contributed by atoms with Gasteiger partial charge in [-0.3, -0.25) is 0 Å². The lowest BCUT2D eigenvalue weighted by Gasteiger charge is -2.41. The summed E-state index contributed by atoms with van der Waals surface area (Å²) in [6.45, 7) is 37.5. The van der Waals surface area contributed by atoms with Crippen molar-refractivity contribution in [2.75, 3.05) is 0 Å². The summed E-state index contributed by atoms with van der Waals surface area (Å²) in [5.41, 5.74) is 0.449. The lowest BCUT2D eigenvalue weighted by Crippen LogP contribution is -2.50. The molecule has 6 heteroatoms. The average Bonchev–Trinajstić information content (AvgIpc) is 3.24. The molecule has 2 heterocycles. The van der Waals surface area contributed by atoms with Crippen molar-refractivity contribution in [2.45, 2.75) is 159 Å². The summed E-state index contributed by atoms with van der Waals surface area (Å²) < 4.78 is 13.3. The van der Waals surface area contributed by atoms with Gasteiger partial charge in [-0.15, -0.1) is 0 Å². The van der Waals surface area contributed by atoms with Gasteiger partial charge in [-0.2, -0.15) is 0 Å². The molecule has 0 spiro atoms. The van der Waals surface area contributed by atoms with Crippen molar-refractivity contribution in [1.29, 1.82) is 0 Å². The number of hydrogen-bond donors (Lipinski definition) is 2. The van der Waals surface area contributed by atoms with Gasteiger partial charge in [0.05, 0.1) is 12.2 Å². The van der Waals surface area contributed by atoms with Crippen LogP contribution in [0.2, 0.25) is 10.6 Å². The Balaban J connectivity index is 2.19. The van der Waals surface area contributed by atoms with E-state index in [9.17, 15) is 0 Å². The molecule has 2 saturated heterocycles. The first-order chi connectivity index (χ1) is 14.9. The zero-order chi connectivity index (χ0) is 26.7. The fourth-order valence-electron chi connectivity index (χ4n) is 5.58. The molecule has 2 fully saturated rings. The lowest BCUT2D eigenvalue weighted by molar-refractivity contribution is -0.0122. The molecule has 34 heavy (non-hydrogen) atoms. The molecule has 2 rings (SSSR count). The molecule has 4 unspecified atom stereocenters. The molecule has 0 aromatic carbocycles. The van der Waals surface area contributed by atoms with Crippen molar-refractivity contribution in [3.63, 3.8) is 0 Å². The summed E-state index contributed by atoms with van der Waals surface area (Å²) >= 11 is 0. The van der Waals surface area contributed by atoms with E-state index in [1.165, 1.54) is 0 Å². The van der Waals surface area contributed by atoms with Gasteiger partial charge >= 0.3 is 14.1 Å². The SMILES string of the molecule is CC(C)(C)B1OC(C(C)(C)C)C(C(C)(C)CCC(C)(C)B2NC(C(C)(C)C)C(C(C)(C)C)N2)O1. The third-order valence-corrected chi connectivity index (χ3v) is 8.23. The third kappa shape index (κ3) is 6.84. The Kier molecular flexibility index (Phi) is 8.32. The van der Waals surface area contributed by atoms with Gasteiger partial charge in [-0.25, -0.2) is 0 Å². The molecule has 0 saturated carbocycles. The second-order valence-corrected chi connectivity index (χ2v) is 17.1. The van der Waals surface area contributed by atoms with Gasteiger partial charge in [0.25, 0.3) is 0 Å². The second-order valence-electron chi connectivity index (χ2n) is 17.1. The predicted molar refractivity (Wildman–Crippen MR) is 150 cm³/mol. The first-order valence-electron chi connectivity index (χ1n) is 13.7. The van der Waals surface area contributed by atoms with Gasteiger partial charge in [0.2, 0.25) is 0 Å². The Morgan fingerprint density at radius 1 is 0.559 bits per heavy atom. The normalized spacial score (nSPS) is 28.2. The molecule has 4 atom stereocenters. The summed E-state index contributed by atoms with van der Waals surface area (Å²) in [6, 6.07) is 0.878. The second kappa shape index (κ2) is 9.37. The maximum Gasteiger partial charge on any atom is 0.463 e. The van der Waals surface area contributed by atoms with Gasteiger partial charge in [0, 0.05) is 12.1 Å². The Morgan fingerprint density at radius 3 is 1.32 bits per heavy atom. The van der Waals surface area contributed by atoms with Crippen LogP contribution in [0.5, 0.6) is 0 Å². The molecule has 0 radical (unpaired) electrons. The third-order valence-electron chi connectivity index (χ3n) is 8.23. The van der Waals surface area contributed by atoms with Crippen LogP contribution in [-0.2, 0) is 9.31 Å². The molecular weight excluding hydrogens is 418 g/mol. The highest BCUT2D eigenvalue weighted by molar-refractivity contribution is 6.58. The Labute approximate surface area is 214 Å². The van der Waals surface area contributed by atoms with E-state index in [0.717, 1.165) is 12.8 Å². The Morgan fingerprint density at radius 2 is 0.971 bits per heavy atom. The maximum atomic E-state index is 6.69. The van der Waals surface area contributed by atoms with E-state index in [-0.39, 0.29) is 51.6 Å². The molecule has 4 nitrogen and oxygen atoms in total. The highest BCUT2D eigenvalue weighted by atomic mass is 16.7. The number of nitrogens with one attached hydrogen (secondary N) is 2. The molecule has 0 aromatic rings. The van der Waals surface area contributed by atoms with E-state index in [0.29, 0.717) is 19.1 Å². The van der Waals surface area contributed by atoms with Crippen molar-refractivity contribution < 1.29 is 9.31 Å². The predicted octanol–water partition coefficient (Wildman–Crippen LogP) is 7.20. The smallest absolute Gasteiger partial charge is 0.405 e. The monoisotopic (exact) mass is 476 g/mol. The van der Waals surface area contributed by atoms with E-state index in [2.05, 4.69) is 121 Å². The minimum Gasteiger partial charge on any atom is -0.405 e. The fraction of sp³-hybridized carbons (Fsp3) is 1.00. The highest BCUT2D eigenvalue weighted by Gasteiger charge is 2.55. The van der Waals surface area contributed by atoms with Gasteiger partial charge in [0.15, 0.2) is 0 Å². The van der Waals surface area contributed by atoms with E-state index in [4.69, 9.17) is 9.31 Å². The van der Waals surface area contributed by atoms with E-state index < -0.39 is 0 Å². The van der Waals surface area contributed by atoms with Crippen LogP contribution in [0, 0.1) is 21.7 Å². The van der Waals surface area contributed by atoms with Crippen molar-refractivity contribution in [2.24, 2.45) is 21.7 Å². The molecule has 0 amide bonds. The summed E-state index contributed by atoms with van der Waals surface area (Å²) in [5.74, 6) is 0. The highest BCUT2D eigenvalue weighted by Crippen LogP contribution is 2.49. The van der Waals surface area contributed by atoms with E-state index in [1.54, 1.807) is 0 Å². The first kappa shape index (κ1) is 30.2. The average molecular weight is 476 g/mol. The van der Waals surface area contributed by atoms with Gasteiger partial charge in [-0.05, 0) is 38.7 Å². The number of rotatable bonds is 5. The molecule has 0 aromatic heterocycles. The van der Waals surface area contributed by atoms with Crippen molar-refractivity contribution in [3.8, 4) is 0 Å². The zero-order valence-electron chi connectivity index (χ0n) is 25.7. The van der Waals surface area contributed by atoms with Crippen LogP contribution in [-0.4, -0.2) is 38.4 Å². The van der Waals surface area contributed by atoms with Crippen LogP contribution < -0.4 is 10.5 Å². The minimum absolute atomic E-state index is 0.0146. The summed E-state index contributed by atoms with van der Waals surface area (Å²) in [6.07, 6.45) is 2.39. The van der Waals surface area contributed by atoms with Gasteiger partial charge < -0.3 is 19.8 Å². The Hall–Kier alpha value is -0.0301. The Bertz CT molecular complexity index is 673. The van der Waals surface area contributed by atoms with Crippen LogP contribution in [0.15, 0.2) is 0 Å². The quantitative estimate of drug-likeness (QED) is 0.412.